The number of carboxylic acids is 2. The summed E-state index contributed by atoms with van der Waals surface area (Å²) in [5, 5.41) is 20.9. The van der Waals surface area contributed by atoms with E-state index in [1.54, 1.807) is 19.9 Å². The predicted octanol–water partition coefficient (Wildman–Crippen LogP) is 2.98. The number of amides is 1. The van der Waals surface area contributed by atoms with Gasteiger partial charge in [0, 0.05) is 18.0 Å². The van der Waals surface area contributed by atoms with Crippen LogP contribution >= 0.6 is 0 Å². The molecule has 1 aromatic carbocycles. The molecule has 0 aliphatic carbocycles. The lowest BCUT2D eigenvalue weighted by Crippen LogP contribution is -2.43. The summed E-state index contributed by atoms with van der Waals surface area (Å²) < 4.78 is 5.43. The molecule has 0 aromatic heterocycles. The first-order valence-electron chi connectivity index (χ1n) is 11.9. The van der Waals surface area contributed by atoms with E-state index in [4.69, 9.17) is 4.74 Å². The maximum atomic E-state index is 12.5. The van der Waals surface area contributed by atoms with E-state index in [1.165, 1.54) is 0 Å². The minimum Gasteiger partial charge on any atom is -0.480 e. The smallest absolute Gasteiger partial charge is 0.332 e. The highest BCUT2D eigenvalue weighted by atomic mass is 16.5. The van der Waals surface area contributed by atoms with E-state index >= 15 is 0 Å². The lowest BCUT2D eigenvalue weighted by Gasteiger charge is -2.35. The molecular formula is C26H36N2O7. The molecule has 1 aliphatic rings. The first-order chi connectivity index (χ1) is 16.5. The van der Waals surface area contributed by atoms with Crippen LogP contribution in [0.4, 0.5) is 0 Å². The normalized spacial score (nSPS) is 20.1. The van der Waals surface area contributed by atoms with E-state index in [2.05, 4.69) is 24.2 Å². The van der Waals surface area contributed by atoms with Gasteiger partial charge in [0.05, 0.1) is 12.0 Å². The fourth-order valence-corrected chi connectivity index (χ4v) is 4.52. The van der Waals surface area contributed by atoms with Crippen molar-refractivity contribution in [1.82, 2.24) is 10.2 Å². The summed E-state index contributed by atoms with van der Waals surface area (Å²) >= 11 is 0. The molecule has 9 heteroatoms. The number of rotatable bonds is 10. The number of carbonyl (C=O) groups excluding carboxylic acids is 2. The van der Waals surface area contributed by atoms with Crippen molar-refractivity contribution < 1.29 is 34.1 Å². The maximum Gasteiger partial charge on any atom is 0.332 e. The van der Waals surface area contributed by atoms with Gasteiger partial charge in [-0.3, -0.25) is 9.59 Å². The van der Waals surface area contributed by atoms with Crippen molar-refractivity contribution in [3.05, 3.63) is 41.5 Å². The maximum absolute atomic E-state index is 12.5. The number of ether oxygens (including phenoxy) is 1. The summed E-state index contributed by atoms with van der Waals surface area (Å²) in [4.78, 5) is 49.9. The standard InChI is InChI=1S/C26H36N2O7/c1-5-26(11-6-7-12-28(4)16-26)19-9-8-10-20(15-19)35-22(30)14-18(24(31)32)13-21(29)27-23(17(2)3)25(33)34/h8-10,13,15,17,23H,5-7,11-12,14,16H2,1-4H3,(H,27,29)(H,31,32)(H,33,34)/b18-13-/t23-,26?/m0/s1. The Morgan fingerprint density at radius 3 is 2.51 bits per heavy atom. The number of likely N-dealkylation sites (tertiary alicyclic amines) is 1. The van der Waals surface area contributed by atoms with Gasteiger partial charge in [0.1, 0.15) is 11.8 Å². The van der Waals surface area contributed by atoms with Gasteiger partial charge in [-0.05, 0) is 56.5 Å². The van der Waals surface area contributed by atoms with E-state index in [1.807, 2.05) is 18.2 Å². The molecule has 1 unspecified atom stereocenters. The molecule has 192 valence electrons. The monoisotopic (exact) mass is 488 g/mol. The van der Waals surface area contributed by atoms with Gasteiger partial charge < -0.3 is 25.2 Å². The second kappa shape index (κ2) is 12.5. The van der Waals surface area contributed by atoms with Gasteiger partial charge in [-0.15, -0.1) is 0 Å². The van der Waals surface area contributed by atoms with Crippen molar-refractivity contribution in [2.24, 2.45) is 5.92 Å². The van der Waals surface area contributed by atoms with Crippen LogP contribution in [0.2, 0.25) is 0 Å². The van der Waals surface area contributed by atoms with Crippen molar-refractivity contribution in [1.29, 1.82) is 0 Å². The number of benzene rings is 1. The van der Waals surface area contributed by atoms with Gasteiger partial charge in [0.2, 0.25) is 5.91 Å². The van der Waals surface area contributed by atoms with Gasteiger partial charge in [0.25, 0.3) is 0 Å². The third-order valence-electron chi connectivity index (χ3n) is 6.52. The second-order valence-corrected chi connectivity index (χ2v) is 9.55. The number of hydrogen-bond donors (Lipinski definition) is 3. The molecule has 1 amide bonds. The van der Waals surface area contributed by atoms with Crippen LogP contribution in [0.5, 0.6) is 5.75 Å². The van der Waals surface area contributed by atoms with Crippen LogP contribution in [-0.2, 0) is 24.6 Å². The van der Waals surface area contributed by atoms with E-state index in [0.717, 1.165) is 50.4 Å². The summed E-state index contributed by atoms with van der Waals surface area (Å²) in [5.74, 6) is -4.52. The number of likely N-dealkylation sites (N-methyl/N-ethyl adjacent to an activating group) is 1. The first kappa shape index (κ1) is 28.0. The van der Waals surface area contributed by atoms with Crippen LogP contribution in [0.3, 0.4) is 0 Å². The third-order valence-corrected chi connectivity index (χ3v) is 6.52. The molecular weight excluding hydrogens is 452 g/mol. The highest BCUT2D eigenvalue weighted by molar-refractivity contribution is 6.01. The lowest BCUT2D eigenvalue weighted by molar-refractivity contribution is -0.142. The molecule has 1 aromatic rings. The van der Waals surface area contributed by atoms with Crippen LogP contribution in [-0.4, -0.2) is 65.1 Å². The average Bonchev–Trinajstić information content (AvgIpc) is 2.98. The van der Waals surface area contributed by atoms with E-state index in [9.17, 15) is 29.4 Å². The molecule has 9 nitrogen and oxygen atoms in total. The Hall–Kier alpha value is -3.20. The van der Waals surface area contributed by atoms with Crippen LogP contribution in [0.25, 0.3) is 0 Å². The van der Waals surface area contributed by atoms with Crippen molar-refractivity contribution in [3.8, 4) is 5.75 Å². The highest BCUT2D eigenvalue weighted by Crippen LogP contribution is 2.37. The number of hydrogen-bond acceptors (Lipinski definition) is 6. The molecule has 0 bridgehead atoms. The largest absolute Gasteiger partial charge is 0.480 e. The van der Waals surface area contributed by atoms with Gasteiger partial charge in [-0.1, -0.05) is 39.3 Å². The fourth-order valence-electron chi connectivity index (χ4n) is 4.52. The molecule has 0 radical (unpaired) electrons. The second-order valence-electron chi connectivity index (χ2n) is 9.55. The zero-order valence-corrected chi connectivity index (χ0v) is 20.9. The van der Waals surface area contributed by atoms with Gasteiger partial charge in [0.15, 0.2) is 0 Å². The first-order valence-corrected chi connectivity index (χ1v) is 11.9. The molecule has 35 heavy (non-hydrogen) atoms. The molecule has 2 rings (SSSR count). The Balaban J connectivity index is 2.15. The summed E-state index contributed by atoms with van der Waals surface area (Å²) in [6, 6.07) is 6.14. The van der Waals surface area contributed by atoms with Crippen molar-refractivity contribution in [2.45, 2.75) is 64.3 Å². The lowest BCUT2D eigenvalue weighted by atomic mass is 9.74. The van der Waals surface area contributed by atoms with E-state index in [0.29, 0.717) is 5.75 Å². The summed E-state index contributed by atoms with van der Waals surface area (Å²) in [7, 11) is 2.11. The van der Waals surface area contributed by atoms with Crippen molar-refractivity contribution in [3.63, 3.8) is 0 Å². The minimum atomic E-state index is -1.46. The number of aliphatic carboxylic acids is 2. The quantitative estimate of drug-likeness (QED) is 0.260. The van der Waals surface area contributed by atoms with Gasteiger partial charge in [-0.2, -0.15) is 0 Å². The topological polar surface area (TPSA) is 133 Å². The Bertz CT molecular complexity index is 972. The Kier molecular flexibility index (Phi) is 10.0. The fraction of sp³-hybridized carbons (Fsp3) is 0.538. The Labute approximate surface area is 206 Å². The van der Waals surface area contributed by atoms with Crippen molar-refractivity contribution >= 4 is 23.8 Å². The number of carboxylic acid groups (broad SMARTS) is 2. The molecule has 1 fully saturated rings. The molecule has 0 saturated carbocycles. The molecule has 0 spiro atoms. The summed E-state index contributed by atoms with van der Waals surface area (Å²) in [5.41, 5.74) is 0.516. The molecule has 1 heterocycles. The molecule has 2 atom stereocenters. The predicted molar refractivity (Wildman–Crippen MR) is 130 cm³/mol. The van der Waals surface area contributed by atoms with Gasteiger partial charge >= 0.3 is 17.9 Å². The van der Waals surface area contributed by atoms with E-state index in [-0.39, 0.29) is 5.41 Å². The van der Waals surface area contributed by atoms with Crippen LogP contribution in [0.15, 0.2) is 35.9 Å². The number of nitrogens with zero attached hydrogens (tertiary/aromatic N) is 1. The van der Waals surface area contributed by atoms with Crippen molar-refractivity contribution in [2.75, 3.05) is 20.1 Å². The van der Waals surface area contributed by atoms with Crippen LogP contribution < -0.4 is 10.1 Å². The average molecular weight is 489 g/mol. The van der Waals surface area contributed by atoms with E-state index < -0.39 is 47.8 Å². The SMILES string of the molecule is CCC1(c2cccc(OC(=O)C/C(=C/C(=O)N[C@H](C(=O)O)C(C)C)C(=O)O)c2)CCCCN(C)C1. The third kappa shape index (κ3) is 7.92. The zero-order chi connectivity index (χ0) is 26.2. The molecule has 1 saturated heterocycles. The van der Waals surface area contributed by atoms with Crippen LogP contribution in [0, 0.1) is 5.92 Å². The number of nitrogens with one attached hydrogen (secondary N) is 1. The molecule has 3 N–H and O–H groups in total. The highest BCUT2D eigenvalue weighted by Gasteiger charge is 2.33. The summed E-state index contributed by atoms with van der Waals surface area (Å²) in [6.45, 7) is 7.32. The van der Waals surface area contributed by atoms with Gasteiger partial charge in [-0.25, -0.2) is 9.59 Å². The van der Waals surface area contributed by atoms with Crippen LogP contribution in [0.1, 0.15) is 58.4 Å². The minimum absolute atomic E-state index is 0.0605. The summed E-state index contributed by atoms with van der Waals surface area (Å²) in [6.07, 6.45) is 4.29. The number of carbonyl (C=O) groups is 4. The molecule has 1 aliphatic heterocycles. The Morgan fingerprint density at radius 2 is 1.91 bits per heavy atom. The number of esters is 1. The zero-order valence-electron chi connectivity index (χ0n) is 20.9. The Morgan fingerprint density at radius 1 is 1.20 bits per heavy atom.